The Kier molecular flexibility index (Phi) is 14.1. The van der Waals surface area contributed by atoms with Crippen molar-refractivity contribution < 1.29 is 4.79 Å². The number of carbonyl (C=O) groups is 1. The molecule has 0 aliphatic rings. The summed E-state index contributed by atoms with van der Waals surface area (Å²) in [5.74, 6) is 0. The molecule has 0 bridgehead atoms. The summed E-state index contributed by atoms with van der Waals surface area (Å²) in [6.45, 7) is 2.76. The number of unbranched alkanes of at least 4 members (excludes halogenated alkanes) is 1. The van der Waals surface area contributed by atoms with Crippen LogP contribution < -0.4 is 11.1 Å². The minimum atomic E-state index is -0.432. The highest BCUT2D eigenvalue weighted by molar-refractivity contribution is 7.79. The Morgan fingerprint density at radius 3 is 2.40 bits per heavy atom. The minimum absolute atomic E-state index is 0.432. The third-order valence-corrected chi connectivity index (χ3v) is 0.830. The minimum Gasteiger partial charge on any atom is -0.352 e. The van der Waals surface area contributed by atoms with Crippen LogP contribution in [0.5, 0.6) is 0 Å². The maximum Gasteiger partial charge on any atom is 0.312 e. The van der Waals surface area contributed by atoms with E-state index in [0.717, 1.165) is 12.8 Å². The number of hydrogen-bond acceptors (Lipinski definition) is 2. The van der Waals surface area contributed by atoms with Gasteiger partial charge in [-0.2, -0.15) is 12.6 Å². The summed E-state index contributed by atoms with van der Waals surface area (Å²) in [5.41, 5.74) is 4.78. The van der Waals surface area contributed by atoms with Gasteiger partial charge in [0, 0.05) is 6.54 Å². The quantitative estimate of drug-likeness (QED) is 0.423. The lowest BCUT2D eigenvalue weighted by Crippen LogP contribution is -2.29. The fraction of sp³-hybridized carbons (Fsp3) is 0.833. The lowest BCUT2D eigenvalue weighted by molar-refractivity contribution is 0.249. The maximum absolute atomic E-state index is 9.99. The number of nitrogens with one attached hydrogen (secondary N) is 1. The Morgan fingerprint density at radius 1 is 1.60 bits per heavy atom. The fourth-order valence-electron chi connectivity index (χ4n) is 0.388. The molecule has 0 heterocycles. The second kappa shape index (κ2) is 11.4. The van der Waals surface area contributed by atoms with Crippen LogP contribution in [0.1, 0.15) is 19.8 Å². The Bertz CT molecular complexity index is 78.1. The lowest BCUT2D eigenvalue weighted by atomic mass is 10.3. The van der Waals surface area contributed by atoms with Crippen molar-refractivity contribution in [3.8, 4) is 0 Å². The summed E-state index contributed by atoms with van der Waals surface area (Å²) in [6.07, 6.45) is 3.78. The summed E-state index contributed by atoms with van der Waals surface area (Å²) in [5, 5.41) is 2.49. The summed E-state index contributed by atoms with van der Waals surface area (Å²) in [6, 6.07) is -0.432. The summed E-state index contributed by atoms with van der Waals surface area (Å²) < 4.78 is 0. The summed E-state index contributed by atoms with van der Waals surface area (Å²) in [4.78, 5) is 9.99. The normalized spacial score (nSPS) is 7.50. The van der Waals surface area contributed by atoms with Crippen LogP contribution in [0, 0.1) is 0 Å². The van der Waals surface area contributed by atoms with E-state index in [1.165, 1.54) is 0 Å². The third-order valence-electron chi connectivity index (χ3n) is 0.830. The van der Waals surface area contributed by atoms with Crippen molar-refractivity contribution in [2.24, 2.45) is 5.73 Å². The lowest BCUT2D eigenvalue weighted by Gasteiger charge is -1.96. The molecule has 3 nitrogen and oxygen atoms in total. The van der Waals surface area contributed by atoms with Gasteiger partial charge in [0.05, 0.1) is 0 Å². The Hall–Kier alpha value is -0.380. The van der Waals surface area contributed by atoms with Gasteiger partial charge in [0.2, 0.25) is 0 Å². The largest absolute Gasteiger partial charge is 0.352 e. The highest BCUT2D eigenvalue weighted by Gasteiger charge is 1.86. The van der Waals surface area contributed by atoms with Crippen molar-refractivity contribution in [1.82, 2.24) is 5.32 Å². The van der Waals surface area contributed by atoms with Gasteiger partial charge in [-0.15, -0.1) is 0 Å². The topological polar surface area (TPSA) is 55.1 Å². The maximum atomic E-state index is 9.99. The Balaban J connectivity index is 0. The van der Waals surface area contributed by atoms with E-state index < -0.39 is 6.03 Å². The van der Waals surface area contributed by atoms with Gasteiger partial charge in [0.1, 0.15) is 0 Å². The number of hydrogen-bond donors (Lipinski definition) is 3. The van der Waals surface area contributed by atoms with Gasteiger partial charge in [-0.05, 0) is 12.7 Å². The first-order valence-corrected chi connectivity index (χ1v) is 4.15. The highest BCUT2D eigenvalue weighted by atomic mass is 32.1. The molecule has 0 fully saturated rings. The number of thiol groups is 1. The number of rotatable bonds is 3. The number of nitrogens with two attached hydrogens (primary N) is 1. The van der Waals surface area contributed by atoms with Gasteiger partial charge >= 0.3 is 6.03 Å². The molecule has 0 aromatic rings. The van der Waals surface area contributed by atoms with E-state index in [2.05, 4.69) is 24.9 Å². The van der Waals surface area contributed by atoms with Gasteiger partial charge in [-0.1, -0.05) is 13.3 Å². The molecule has 0 spiro atoms. The van der Waals surface area contributed by atoms with Crippen molar-refractivity contribution in [3.63, 3.8) is 0 Å². The second-order valence-corrected chi connectivity index (χ2v) is 1.64. The predicted octanol–water partition coefficient (Wildman–Crippen LogP) is 1.00. The van der Waals surface area contributed by atoms with E-state index in [0.29, 0.717) is 6.54 Å². The average molecular weight is 164 g/mol. The zero-order valence-corrected chi connectivity index (χ0v) is 7.45. The molecule has 2 amide bonds. The molecule has 3 N–H and O–H groups in total. The van der Waals surface area contributed by atoms with Gasteiger partial charge in [0.25, 0.3) is 0 Å². The first kappa shape index (κ1) is 12.3. The highest BCUT2D eigenvalue weighted by Crippen LogP contribution is 1.80. The molecule has 0 radical (unpaired) electrons. The molecule has 4 heteroatoms. The molecule has 10 heavy (non-hydrogen) atoms. The summed E-state index contributed by atoms with van der Waals surface area (Å²) in [7, 11) is 0. The number of amides is 2. The molecule has 0 aliphatic heterocycles. The molecule has 0 unspecified atom stereocenters. The molecular weight excluding hydrogens is 148 g/mol. The molecular formula is C6H16N2OS. The van der Waals surface area contributed by atoms with Crippen molar-refractivity contribution in [1.29, 1.82) is 0 Å². The van der Waals surface area contributed by atoms with E-state index in [1.807, 2.05) is 0 Å². The van der Waals surface area contributed by atoms with Crippen LogP contribution in [0.25, 0.3) is 0 Å². The van der Waals surface area contributed by atoms with E-state index in [9.17, 15) is 4.79 Å². The summed E-state index contributed by atoms with van der Waals surface area (Å²) >= 11 is 3.53. The molecule has 0 atom stereocenters. The zero-order chi connectivity index (χ0) is 8.41. The standard InChI is InChI=1S/C5H12N2O.CH4S/c1-2-3-4-7-5(6)8;1-2/h2-4H2,1H3,(H3,6,7,8);2H,1H3. The molecule has 0 saturated heterocycles. The van der Waals surface area contributed by atoms with E-state index in [-0.39, 0.29) is 0 Å². The third kappa shape index (κ3) is 15.6. The van der Waals surface area contributed by atoms with Gasteiger partial charge in [-0.25, -0.2) is 4.79 Å². The van der Waals surface area contributed by atoms with E-state index in [1.54, 1.807) is 6.26 Å². The van der Waals surface area contributed by atoms with Gasteiger partial charge in [0.15, 0.2) is 0 Å². The molecule has 0 rings (SSSR count). The smallest absolute Gasteiger partial charge is 0.312 e. The number of carbonyl (C=O) groups excluding carboxylic acids is 1. The van der Waals surface area contributed by atoms with Gasteiger partial charge in [-0.3, -0.25) is 0 Å². The van der Waals surface area contributed by atoms with Crippen LogP contribution >= 0.6 is 12.6 Å². The van der Waals surface area contributed by atoms with E-state index in [4.69, 9.17) is 5.73 Å². The van der Waals surface area contributed by atoms with Gasteiger partial charge < -0.3 is 11.1 Å². The van der Waals surface area contributed by atoms with Crippen molar-refractivity contribution >= 4 is 18.7 Å². The molecule has 0 saturated carbocycles. The van der Waals surface area contributed by atoms with Crippen molar-refractivity contribution in [2.75, 3.05) is 12.8 Å². The monoisotopic (exact) mass is 164 g/mol. The van der Waals surface area contributed by atoms with Crippen LogP contribution in [0.15, 0.2) is 0 Å². The first-order valence-electron chi connectivity index (χ1n) is 3.25. The van der Waals surface area contributed by atoms with Crippen LogP contribution in [0.2, 0.25) is 0 Å². The van der Waals surface area contributed by atoms with Crippen LogP contribution in [0.3, 0.4) is 0 Å². The van der Waals surface area contributed by atoms with Crippen LogP contribution in [-0.4, -0.2) is 18.8 Å². The molecule has 62 valence electrons. The Morgan fingerprint density at radius 2 is 2.10 bits per heavy atom. The predicted molar refractivity (Wildman–Crippen MR) is 47.4 cm³/mol. The SMILES string of the molecule is CCCCNC(N)=O.CS. The average Bonchev–Trinajstić information content (AvgIpc) is 1.92. The molecule has 0 aromatic carbocycles. The first-order chi connectivity index (χ1) is 4.77. The second-order valence-electron chi connectivity index (χ2n) is 1.64. The van der Waals surface area contributed by atoms with E-state index >= 15 is 0 Å². The number of primary amides is 1. The fourth-order valence-corrected chi connectivity index (χ4v) is 0.388. The number of urea groups is 1. The van der Waals surface area contributed by atoms with Crippen molar-refractivity contribution in [3.05, 3.63) is 0 Å². The molecule has 0 aromatic heterocycles. The van der Waals surface area contributed by atoms with Crippen LogP contribution in [0.4, 0.5) is 4.79 Å². The zero-order valence-electron chi connectivity index (χ0n) is 6.55. The van der Waals surface area contributed by atoms with Crippen molar-refractivity contribution in [2.45, 2.75) is 19.8 Å². The van der Waals surface area contributed by atoms with Crippen LogP contribution in [-0.2, 0) is 0 Å². The Labute approximate surface area is 67.8 Å². The molecule has 0 aliphatic carbocycles.